The maximum atomic E-state index is 12.3. The van der Waals surface area contributed by atoms with E-state index < -0.39 is 10.0 Å². The zero-order chi connectivity index (χ0) is 17.4. The number of aryl methyl sites for hydroxylation is 1. The fourth-order valence-corrected chi connectivity index (χ4v) is 5.52. The van der Waals surface area contributed by atoms with Crippen molar-refractivity contribution in [1.82, 2.24) is 19.9 Å². The number of aromatic nitrogens is 1. The molecule has 1 fully saturated rings. The van der Waals surface area contributed by atoms with Crippen LogP contribution in [0.1, 0.15) is 16.8 Å². The molecule has 1 aliphatic heterocycles. The van der Waals surface area contributed by atoms with E-state index in [0.717, 1.165) is 22.9 Å². The van der Waals surface area contributed by atoms with E-state index in [4.69, 9.17) is 0 Å². The van der Waals surface area contributed by atoms with Gasteiger partial charge in [0.2, 0.25) is 10.0 Å². The summed E-state index contributed by atoms with van der Waals surface area (Å²) >= 11 is 3.47. The summed E-state index contributed by atoms with van der Waals surface area (Å²) in [7, 11) is -1.52. The second-order valence-electron chi connectivity index (χ2n) is 5.25. The third-order valence-corrected chi connectivity index (χ3v) is 7.55. The molecule has 1 aliphatic rings. The van der Waals surface area contributed by atoms with Crippen molar-refractivity contribution in [3.63, 3.8) is 0 Å². The van der Waals surface area contributed by atoms with Crippen LogP contribution in [0.3, 0.4) is 0 Å². The molecule has 1 saturated heterocycles. The van der Waals surface area contributed by atoms with Gasteiger partial charge in [-0.15, -0.1) is 35.3 Å². The van der Waals surface area contributed by atoms with Crippen LogP contribution in [0, 0.1) is 0 Å². The molecule has 7 nitrogen and oxygen atoms in total. The van der Waals surface area contributed by atoms with E-state index in [1.54, 1.807) is 34.5 Å². The maximum Gasteiger partial charge on any atom is 0.215 e. The minimum absolute atomic E-state index is 0. The third-order valence-electron chi connectivity index (χ3n) is 3.60. The lowest BCUT2D eigenvalue weighted by atomic mass is 10.4. The molecular formula is C14H26IN5O2S3. The van der Waals surface area contributed by atoms with Crippen molar-refractivity contribution in [2.24, 2.45) is 4.99 Å². The van der Waals surface area contributed by atoms with E-state index in [9.17, 15) is 8.42 Å². The summed E-state index contributed by atoms with van der Waals surface area (Å²) in [5.41, 5.74) is 0. The van der Waals surface area contributed by atoms with E-state index in [0.29, 0.717) is 32.1 Å². The molecule has 1 aromatic heterocycles. The van der Waals surface area contributed by atoms with E-state index in [1.807, 2.05) is 6.20 Å². The topological polar surface area (TPSA) is 86.7 Å². The quantitative estimate of drug-likeness (QED) is 0.322. The van der Waals surface area contributed by atoms with Gasteiger partial charge in [0.25, 0.3) is 0 Å². The van der Waals surface area contributed by atoms with Gasteiger partial charge in [-0.1, -0.05) is 6.92 Å². The Morgan fingerprint density at radius 1 is 1.36 bits per heavy atom. The molecule has 1 aromatic rings. The van der Waals surface area contributed by atoms with Gasteiger partial charge in [-0.3, -0.25) is 4.99 Å². The number of halogens is 1. The van der Waals surface area contributed by atoms with Gasteiger partial charge < -0.3 is 10.6 Å². The molecule has 0 aromatic carbocycles. The first-order valence-electron chi connectivity index (χ1n) is 7.99. The van der Waals surface area contributed by atoms with Crippen molar-refractivity contribution >= 4 is 63.1 Å². The molecule has 0 bridgehead atoms. The van der Waals surface area contributed by atoms with Gasteiger partial charge in [0, 0.05) is 49.3 Å². The van der Waals surface area contributed by atoms with Crippen LogP contribution >= 0.6 is 47.1 Å². The Balaban J connectivity index is 0.00000312. The average molecular weight is 520 g/mol. The standard InChI is InChI=1S/C14H25N5O2S3.HI/c1-3-12-10-17-13(23-12)11-18-14(15-2)16-4-9-24(20,21)19-5-7-22-8-6-19;/h10H,3-9,11H2,1-2H3,(H2,15,16,18);1H. The Kier molecular flexibility index (Phi) is 10.6. The number of hydrogen-bond donors (Lipinski definition) is 2. The van der Waals surface area contributed by atoms with Crippen molar-refractivity contribution in [3.8, 4) is 0 Å². The predicted molar refractivity (Wildman–Crippen MR) is 118 cm³/mol. The zero-order valence-corrected chi connectivity index (χ0v) is 19.3. The molecule has 0 radical (unpaired) electrons. The number of nitrogens with zero attached hydrogens (tertiary/aromatic N) is 3. The Morgan fingerprint density at radius 2 is 2.08 bits per heavy atom. The first-order valence-corrected chi connectivity index (χ1v) is 11.6. The zero-order valence-electron chi connectivity index (χ0n) is 14.5. The SMILES string of the molecule is CCc1cnc(CNC(=NC)NCCS(=O)(=O)N2CCSCC2)s1.I. The monoisotopic (exact) mass is 519 g/mol. The number of guanidine groups is 1. The molecule has 0 spiro atoms. The van der Waals surface area contributed by atoms with Crippen molar-refractivity contribution in [2.45, 2.75) is 19.9 Å². The summed E-state index contributed by atoms with van der Waals surface area (Å²) in [5.74, 6) is 2.43. The summed E-state index contributed by atoms with van der Waals surface area (Å²) in [6, 6.07) is 0. The van der Waals surface area contributed by atoms with Crippen LogP contribution in [0.15, 0.2) is 11.2 Å². The second kappa shape index (κ2) is 11.6. The normalized spacial score (nSPS) is 16.3. The highest BCUT2D eigenvalue weighted by Crippen LogP contribution is 2.13. The number of hydrogen-bond acceptors (Lipinski definition) is 6. The van der Waals surface area contributed by atoms with Gasteiger partial charge in [0.1, 0.15) is 5.01 Å². The Hall–Kier alpha value is -0.110. The van der Waals surface area contributed by atoms with Crippen LogP contribution in [0.25, 0.3) is 0 Å². The first-order chi connectivity index (χ1) is 11.5. The number of thioether (sulfide) groups is 1. The molecule has 0 saturated carbocycles. The average Bonchev–Trinajstić information content (AvgIpc) is 3.06. The smallest absolute Gasteiger partial charge is 0.215 e. The van der Waals surface area contributed by atoms with Crippen LogP contribution in [0.2, 0.25) is 0 Å². The van der Waals surface area contributed by atoms with Crippen molar-refractivity contribution in [3.05, 3.63) is 16.1 Å². The van der Waals surface area contributed by atoms with Crippen molar-refractivity contribution in [1.29, 1.82) is 0 Å². The molecule has 0 unspecified atom stereocenters. The highest BCUT2D eigenvalue weighted by Gasteiger charge is 2.23. The van der Waals surface area contributed by atoms with Crippen LogP contribution in [-0.2, 0) is 23.0 Å². The van der Waals surface area contributed by atoms with Crippen molar-refractivity contribution in [2.75, 3.05) is 43.9 Å². The number of thiazole rings is 1. The largest absolute Gasteiger partial charge is 0.355 e. The fraction of sp³-hybridized carbons (Fsp3) is 0.714. The maximum absolute atomic E-state index is 12.3. The molecular weight excluding hydrogens is 493 g/mol. The molecule has 11 heteroatoms. The van der Waals surface area contributed by atoms with E-state index in [1.165, 1.54) is 4.88 Å². The second-order valence-corrected chi connectivity index (χ2v) is 9.77. The van der Waals surface area contributed by atoms with Crippen LogP contribution < -0.4 is 10.6 Å². The van der Waals surface area contributed by atoms with Gasteiger partial charge in [-0.25, -0.2) is 17.7 Å². The number of aliphatic imine (C=N–C) groups is 1. The highest BCUT2D eigenvalue weighted by molar-refractivity contribution is 14.0. The summed E-state index contributed by atoms with van der Waals surface area (Å²) in [4.78, 5) is 9.71. The summed E-state index contributed by atoms with van der Waals surface area (Å²) < 4.78 is 26.1. The number of nitrogens with one attached hydrogen (secondary N) is 2. The Morgan fingerprint density at radius 3 is 2.68 bits per heavy atom. The Labute approximate surface area is 175 Å². The molecule has 2 N–H and O–H groups in total. The predicted octanol–water partition coefficient (Wildman–Crippen LogP) is 1.37. The summed E-state index contributed by atoms with van der Waals surface area (Å²) in [6.45, 7) is 4.25. The van der Waals surface area contributed by atoms with Crippen molar-refractivity contribution < 1.29 is 8.42 Å². The van der Waals surface area contributed by atoms with Gasteiger partial charge in [0.05, 0.1) is 12.3 Å². The van der Waals surface area contributed by atoms with Gasteiger partial charge in [0.15, 0.2) is 5.96 Å². The summed E-state index contributed by atoms with van der Waals surface area (Å²) in [6.07, 6.45) is 2.87. The van der Waals surface area contributed by atoms with Crippen LogP contribution in [0.5, 0.6) is 0 Å². The number of sulfonamides is 1. The lowest BCUT2D eigenvalue weighted by Crippen LogP contribution is -2.44. The molecule has 0 aliphatic carbocycles. The summed E-state index contributed by atoms with van der Waals surface area (Å²) in [5, 5.41) is 7.22. The fourth-order valence-electron chi connectivity index (χ4n) is 2.23. The van der Waals surface area contributed by atoms with Gasteiger partial charge in [-0.2, -0.15) is 11.8 Å². The first kappa shape index (κ1) is 22.9. The van der Waals surface area contributed by atoms with E-state index >= 15 is 0 Å². The van der Waals surface area contributed by atoms with Gasteiger partial charge >= 0.3 is 0 Å². The third kappa shape index (κ3) is 7.57. The van der Waals surface area contributed by atoms with Crippen LogP contribution in [0.4, 0.5) is 0 Å². The van der Waals surface area contributed by atoms with Crippen LogP contribution in [-0.4, -0.2) is 67.6 Å². The molecule has 2 rings (SSSR count). The molecule has 25 heavy (non-hydrogen) atoms. The lowest BCUT2D eigenvalue weighted by molar-refractivity contribution is 0.443. The van der Waals surface area contributed by atoms with Gasteiger partial charge in [-0.05, 0) is 6.42 Å². The Bertz CT molecular complexity index is 645. The lowest BCUT2D eigenvalue weighted by Gasteiger charge is -2.25. The minimum Gasteiger partial charge on any atom is -0.355 e. The molecule has 2 heterocycles. The number of rotatable bonds is 7. The highest BCUT2D eigenvalue weighted by atomic mass is 127. The van der Waals surface area contributed by atoms with E-state index in [-0.39, 0.29) is 29.7 Å². The molecule has 144 valence electrons. The van der Waals surface area contributed by atoms with E-state index in [2.05, 4.69) is 27.5 Å². The molecule has 0 atom stereocenters. The molecule has 0 amide bonds. The minimum atomic E-state index is -3.19.